The quantitative estimate of drug-likeness (QED) is 0.311. The molecule has 0 saturated carbocycles. The Hall–Kier alpha value is -2.42. The molecule has 3 aromatic rings. The van der Waals surface area contributed by atoms with Crippen LogP contribution in [0, 0.1) is 13.8 Å². The third-order valence-electron chi connectivity index (χ3n) is 5.40. The number of ether oxygens (including phenoxy) is 2. The fourth-order valence-corrected chi connectivity index (χ4v) is 5.08. The SMILES string of the molecule is COCCOC(=O)c1sc2nc(Cl)nc(N3CCN(c4cccc(C)c4)CC3)c2c1C. The van der Waals surface area contributed by atoms with Crippen LogP contribution in [-0.4, -0.2) is 62.4 Å². The van der Waals surface area contributed by atoms with E-state index in [0.717, 1.165) is 42.9 Å². The van der Waals surface area contributed by atoms with Crippen molar-refractivity contribution in [2.24, 2.45) is 0 Å². The van der Waals surface area contributed by atoms with Gasteiger partial charge in [-0.3, -0.25) is 0 Å². The fraction of sp³-hybridized carbons (Fsp3) is 0.409. The number of esters is 1. The minimum Gasteiger partial charge on any atom is -0.459 e. The Morgan fingerprint density at radius 2 is 1.87 bits per heavy atom. The maximum atomic E-state index is 12.5. The van der Waals surface area contributed by atoms with Crippen molar-refractivity contribution in [2.75, 3.05) is 56.3 Å². The van der Waals surface area contributed by atoms with E-state index in [-0.39, 0.29) is 17.9 Å². The highest BCUT2D eigenvalue weighted by atomic mass is 35.5. The van der Waals surface area contributed by atoms with Crippen LogP contribution in [0.1, 0.15) is 20.8 Å². The van der Waals surface area contributed by atoms with Crippen molar-refractivity contribution in [3.63, 3.8) is 0 Å². The van der Waals surface area contributed by atoms with Gasteiger partial charge in [0.15, 0.2) is 0 Å². The molecule has 0 N–H and O–H groups in total. The van der Waals surface area contributed by atoms with Crippen molar-refractivity contribution >= 4 is 50.6 Å². The van der Waals surface area contributed by atoms with Crippen LogP contribution in [0.25, 0.3) is 10.2 Å². The van der Waals surface area contributed by atoms with Gasteiger partial charge in [-0.15, -0.1) is 11.3 Å². The van der Waals surface area contributed by atoms with Gasteiger partial charge < -0.3 is 19.3 Å². The van der Waals surface area contributed by atoms with Crippen molar-refractivity contribution in [1.82, 2.24) is 9.97 Å². The van der Waals surface area contributed by atoms with Crippen LogP contribution < -0.4 is 9.80 Å². The maximum absolute atomic E-state index is 12.5. The summed E-state index contributed by atoms with van der Waals surface area (Å²) in [7, 11) is 1.57. The Morgan fingerprint density at radius 3 is 2.58 bits per heavy atom. The molecule has 1 fully saturated rings. The highest BCUT2D eigenvalue weighted by Gasteiger charge is 2.26. The van der Waals surface area contributed by atoms with E-state index in [1.54, 1.807) is 7.11 Å². The Labute approximate surface area is 190 Å². The summed E-state index contributed by atoms with van der Waals surface area (Å²) in [6.45, 7) is 7.95. The van der Waals surface area contributed by atoms with Crippen LogP contribution in [-0.2, 0) is 9.47 Å². The van der Waals surface area contributed by atoms with Gasteiger partial charge in [-0.05, 0) is 48.7 Å². The Morgan fingerprint density at radius 1 is 1.13 bits per heavy atom. The Bertz CT molecular complexity index is 1100. The van der Waals surface area contributed by atoms with Crippen LogP contribution in [0.5, 0.6) is 0 Å². The first kappa shape index (κ1) is 21.8. The van der Waals surface area contributed by atoms with E-state index in [9.17, 15) is 4.79 Å². The van der Waals surface area contributed by atoms with Gasteiger partial charge in [0.25, 0.3) is 0 Å². The molecule has 7 nitrogen and oxygen atoms in total. The summed E-state index contributed by atoms with van der Waals surface area (Å²) in [6, 6.07) is 8.55. The first-order chi connectivity index (χ1) is 15.0. The van der Waals surface area contributed by atoms with E-state index < -0.39 is 0 Å². The topological polar surface area (TPSA) is 67.8 Å². The average molecular weight is 461 g/mol. The number of fused-ring (bicyclic) bond motifs is 1. The van der Waals surface area contributed by atoms with Gasteiger partial charge in [-0.1, -0.05) is 12.1 Å². The molecule has 164 valence electrons. The number of carbonyl (C=O) groups is 1. The van der Waals surface area contributed by atoms with Crippen molar-refractivity contribution in [3.05, 3.63) is 45.6 Å². The van der Waals surface area contributed by atoms with Gasteiger partial charge in [-0.25, -0.2) is 9.78 Å². The summed E-state index contributed by atoms with van der Waals surface area (Å²) < 4.78 is 10.3. The summed E-state index contributed by atoms with van der Waals surface area (Å²) in [4.78, 5) is 27.3. The number of hydrogen-bond donors (Lipinski definition) is 0. The summed E-state index contributed by atoms with van der Waals surface area (Å²) >= 11 is 7.54. The lowest BCUT2D eigenvalue weighted by Crippen LogP contribution is -2.47. The van der Waals surface area contributed by atoms with E-state index in [1.807, 2.05) is 6.92 Å². The van der Waals surface area contributed by atoms with Crippen molar-refractivity contribution < 1.29 is 14.3 Å². The lowest BCUT2D eigenvalue weighted by atomic mass is 10.1. The molecule has 2 aromatic heterocycles. The molecule has 3 heterocycles. The number of rotatable bonds is 6. The zero-order chi connectivity index (χ0) is 22.0. The number of nitrogens with zero attached hydrogens (tertiary/aromatic N) is 4. The summed E-state index contributed by atoms with van der Waals surface area (Å²) in [5.74, 6) is 0.410. The van der Waals surface area contributed by atoms with Gasteiger partial charge >= 0.3 is 5.97 Å². The monoisotopic (exact) mass is 460 g/mol. The van der Waals surface area contributed by atoms with Gasteiger partial charge in [-0.2, -0.15) is 4.98 Å². The zero-order valence-electron chi connectivity index (χ0n) is 17.9. The largest absolute Gasteiger partial charge is 0.459 e. The van der Waals surface area contributed by atoms with Crippen LogP contribution in [0.2, 0.25) is 5.28 Å². The van der Waals surface area contributed by atoms with Crippen LogP contribution in [0.15, 0.2) is 24.3 Å². The number of carbonyl (C=O) groups excluding carboxylic acids is 1. The molecular formula is C22H25ClN4O3S. The molecule has 0 spiro atoms. The molecule has 1 saturated heterocycles. The van der Waals surface area contributed by atoms with Gasteiger partial charge in [0.2, 0.25) is 5.28 Å². The van der Waals surface area contributed by atoms with Crippen LogP contribution >= 0.6 is 22.9 Å². The predicted octanol–water partition coefficient (Wildman–Crippen LogP) is 4.09. The molecule has 4 rings (SSSR count). The number of hydrogen-bond acceptors (Lipinski definition) is 8. The number of aromatic nitrogens is 2. The molecule has 0 bridgehead atoms. The second-order valence-corrected chi connectivity index (χ2v) is 8.83. The van der Waals surface area contributed by atoms with E-state index in [2.05, 4.69) is 51.0 Å². The molecular weight excluding hydrogens is 436 g/mol. The molecule has 0 atom stereocenters. The smallest absolute Gasteiger partial charge is 0.348 e. The van der Waals surface area contributed by atoms with Gasteiger partial charge in [0, 0.05) is 39.0 Å². The summed E-state index contributed by atoms with van der Waals surface area (Å²) in [6.07, 6.45) is 0. The molecule has 0 amide bonds. The first-order valence-electron chi connectivity index (χ1n) is 10.2. The van der Waals surface area contributed by atoms with Crippen molar-refractivity contribution in [3.8, 4) is 0 Å². The molecule has 1 aliphatic rings. The lowest BCUT2D eigenvalue weighted by molar-refractivity contribution is 0.0393. The van der Waals surface area contributed by atoms with E-state index in [4.69, 9.17) is 21.1 Å². The van der Waals surface area contributed by atoms with Gasteiger partial charge in [0.05, 0.1) is 12.0 Å². The molecule has 1 aliphatic heterocycles. The highest BCUT2D eigenvalue weighted by molar-refractivity contribution is 7.20. The number of methoxy groups -OCH3 is 1. The van der Waals surface area contributed by atoms with Crippen LogP contribution in [0.3, 0.4) is 0 Å². The zero-order valence-corrected chi connectivity index (χ0v) is 19.4. The second-order valence-electron chi connectivity index (χ2n) is 7.49. The molecule has 1 aromatic carbocycles. The predicted molar refractivity (Wildman–Crippen MR) is 125 cm³/mol. The fourth-order valence-electron chi connectivity index (χ4n) is 3.80. The first-order valence-corrected chi connectivity index (χ1v) is 11.4. The second kappa shape index (κ2) is 9.38. The standard InChI is InChI=1S/C22H25ClN4O3S/c1-14-5-4-6-16(13-14)26-7-9-27(10-8-26)19-17-15(2)18(21(28)30-12-11-29-3)31-20(17)25-22(23)24-19/h4-6,13H,7-12H2,1-3H3. The Balaban J connectivity index is 1.58. The third kappa shape index (κ3) is 4.61. The Kier molecular flexibility index (Phi) is 6.60. The van der Waals surface area contributed by atoms with Gasteiger partial charge in [0.1, 0.15) is 22.1 Å². The molecule has 31 heavy (non-hydrogen) atoms. The average Bonchev–Trinajstić information content (AvgIpc) is 3.09. The number of benzene rings is 1. The number of piperazine rings is 1. The highest BCUT2D eigenvalue weighted by Crippen LogP contribution is 2.37. The number of anilines is 2. The minimum atomic E-state index is -0.371. The van der Waals surface area contributed by atoms with E-state index >= 15 is 0 Å². The molecule has 0 aliphatic carbocycles. The molecule has 9 heteroatoms. The third-order valence-corrected chi connectivity index (χ3v) is 6.73. The molecule has 0 radical (unpaired) electrons. The number of thiophene rings is 1. The van der Waals surface area contributed by atoms with E-state index in [1.165, 1.54) is 22.6 Å². The van der Waals surface area contributed by atoms with Crippen molar-refractivity contribution in [1.29, 1.82) is 0 Å². The normalized spacial score (nSPS) is 14.3. The maximum Gasteiger partial charge on any atom is 0.348 e. The number of aryl methyl sites for hydroxylation is 2. The minimum absolute atomic E-state index is 0.184. The summed E-state index contributed by atoms with van der Waals surface area (Å²) in [5, 5.41) is 1.06. The molecule has 0 unspecified atom stereocenters. The number of halogens is 1. The van der Waals surface area contributed by atoms with Crippen molar-refractivity contribution in [2.45, 2.75) is 13.8 Å². The van der Waals surface area contributed by atoms with E-state index in [0.29, 0.717) is 16.3 Å². The lowest BCUT2D eigenvalue weighted by Gasteiger charge is -2.37. The van der Waals surface area contributed by atoms with Crippen LogP contribution in [0.4, 0.5) is 11.5 Å². The summed E-state index contributed by atoms with van der Waals surface area (Å²) in [5.41, 5.74) is 3.32.